The number of pyridine rings is 1. The van der Waals surface area contributed by atoms with Gasteiger partial charge in [-0.15, -0.1) is 0 Å². The highest BCUT2D eigenvalue weighted by molar-refractivity contribution is 5.87. The van der Waals surface area contributed by atoms with E-state index in [0.717, 1.165) is 41.7 Å². The third-order valence-corrected chi connectivity index (χ3v) is 4.29. The molecule has 0 spiro atoms. The SMILES string of the molecule is CC1CCN(c2ncnc3c2cnn3-c2ccccn2)CC1. The zero-order valence-electron chi connectivity index (χ0n) is 12.6. The van der Waals surface area contributed by atoms with Gasteiger partial charge in [-0.25, -0.2) is 15.0 Å². The molecule has 4 heterocycles. The van der Waals surface area contributed by atoms with Gasteiger partial charge in [0.15, 0.2) is 11.5 Å². The lowest BCUT2D eigenvalue weighted by Crippen LogP contribution is -2.33. The molecule has 3 aromatic heterocycles. The zero-order valence-corrected chi connectivity index (χ0v) is 12.6. The Morgan fingerprint density at radius 2 is 1.95 bits per heavy atom. The number of rotatable bonds is 2. The predicted molar refractivity (Wildman–Crippen MR) is 85.1 cm³/mol. The van der Waals surface area contributed by atoms with Crippen molar-refractivity contribution in [3.05, 3.63) is 36.9 Å². The van der Waals surface area contributed by atoms with E-state index in [1.54, 1.807) is 17.2 Å². The van der Waals surface area contributed by atoms with Crippen LogP contribution in [0.15, 0.2) is 36.9 Å². The van der Waals surface area contributed by atoms with Crippen LogP contribution in [-0.4, -0.2) is 37.8 Å². The highest BCUT2D eigenvalue weighted by Crippen LogP contribution is 2.27. The fraction of sp³-hybridized carbons (Fsp3) is 0.375. The Labute approximate surface area is 128 Å². The van der Waals surface area contributed by atoms with Gasteiger partial charge in [0, 0.05) is 19.3 Å². The Morgan fingerprint density at radius 1 is 1.09 bits per heavy atom. The Morgan fingerprint density at radius 3 is 2.73 bits per heavy atom. The molecule has 1 saturated heterocycles. The van der Waals surface area contributed by atoms with Crippen LogP contribution in [0.4, 0.5) is 5.82 Å². The largest absolute Gasteiger partial charge is 0.356 e. The van der Waals surface area contributed by atoms with Crippen molar-refractivity contribution in [3.63, 3.8) is 0 Å². The van der Waals surface area contributed by atoms with E-state index in [9.17, 15) is 0 Å². The van der Waals surface area contributed by atoms with Crippen molar-refractivity contribution < 1.29 is 0 Å². The second kappa shape index (κ2) is 5.36. The molecule has 3 aromatic rings. The van der Waals surface area contributed by atoms with E-state index in [4.69, 9.17) is 0 Å². The van der Waals surface area contributed by atoms with Gasteiger partial charge in [0.25, 0.3) is 0 Å². The van der Waals surface area contributed by atoms with Crippen molar-refractivity contribution >= 4 is 16.9 Å². The molecule has 0 radical (unpaired) electrons. The van der Waals surface area contributed by atoms with Crippen molar-refractivity contribution in [2.24, 2.45) is 5.92 Å². The van der Waals surface area contributed by atoms with Gasteiger partial charge in [-0.3, -0.25) is 0 Å². The van der Waals surface area contributed by atoms with Gasteiger partial charge in [-0.2, -0.15) is 9.78 Å². The second-order valence-electron chi connectivity index (χ2n) is 5.85. The van der Waals surface area contributed by atoms with Crippen LogP contribution < -0.4 is 4.90 Å². The van der Waals surface area contributed by atoms with E-state index in [1.165, 1.54) is 12.8 Å². The summed E-state index contributed by atoms with van der Waals surface area (Å²) in [6.07, 6.45) is 7.64. The minimum Gasteiger partial charge on any atom is -0.356 e. The second-order valence-corrected chi connectivity index (χ2v) is 5.85. The van der Waals surface area contributed by atoms with Crippen LogP contribution in [0.25, 0.3) is 16.9 Å². The molecular weight excluding hydrogens is 276 g/mol. The van der Waals surface area contributed by atoms with Crippen molar-refractivity contribution in [1.82, 2.24) is 24.7 Å². The highest BCUT2D eigenvalue weighted by Gasteiger charge is 2.20. The molecule has 4 rings (SSSR count). The van der Waals surface area contributed by atoms with Gasteiger partial charge in [0.1, 0.15) is 12.1 Å². The molecule has 6 heteroatoms. The fourth-order valence-corrected chi connectivity index (χ4v) is 2.95. The number of nitrogens with zero attached hydrogens (tertiary/aromatic N) is 6. The van der Waals surface area contributed by atoms with E-state index in [0.29, 0.717) is 0 Å². The van der Waals surface area contributed by atoms with Gasteiger partial charge in [0.05, 0.1) is 11.6 Å². The summed E-state index contributed by atoms with van der Waals surface area (Å²) in [7, 11) is 0. The van der Waals surface area contributed by atoms with Crippen LogP contribution in [0, 0.1) is 5.92 Å². The van der Waals surface area contributed by atoms with E-state index in [-0.39, 0.29) is 0 Å². The van der Waals surface area contributed by atoms with Gasteiger partial charge >= 0.3 is 0 Å². The smallest absolute Gasteiger partial charge is 0.170 e. The molecule has 1 fully saturated rings. The first-order chi connectivity index (χ1) is 10.8. The van der Waals surface area contributed by atoms with Crippen LogP contribution >= 0.6 is 0 Å². The molecule has 22 heavy (non-hydrogen) atoms. The molecule has 0 saturated carbocycles. The van der Waals surface area contributed by atoms with Gasteiger partial charge in [-0.1, -0.05) is 13.0 Å². The van der Waals surface area contributed by atoms with E-state index in [1.807, 2.05) is 24.4 Å². The lowest BCUT2D eigenvalue weighted by atomic mass is 9.99. The Bertz CT molecular complexity index is 774. The summed E-state index contributed by atoms with van der Waals surface area (Å²) in [5.74, 6) is 2.55. The maximum Gasteiger partial charge on any atom is 0.170 e. The average molecular weight is 294 g/mol. The lowest BCUT2D eigenvalue weighted by Gasteiger charge is -2.31. The number of hydrogen-bond donors (Lipinski definition) is 0. The van der Waals surface area contributed by atoms with Crippen molar-refractivity contribution in [1.29, 1.82) is 0 Å². The lowest BCUT2D eigenvalue weighted by molar-refractivity contribution is 0.437. The summed E-state index contributed by atoms with van der Waals surface area (Å²) in [6.45, 7) is 4.40. The Hall–Kier alpha value is -2.50. The minimum atomic E-state index is 0.773. The summed E-state index contributed by atoms with van der Waals surface area (Å²) in [5, 5.41) is 5.45. The summed E-state index contributed by atoms with van der Waals surface area (Å²) in [4.78, 5) is 15.6. The number of piperidine rings is 1. The Kier molecular flexibility index (Phi) is 3.21. The molecule has 0 amide bonds. The number of anilines is 1. The summed E-state index contributed by atoms with van der Waals surface area (Å²) < 4.78 is 1.77. The molecule has 0 aromatic carbocycles. The minimum absolute atomic E-state index is 0.773. The maximum atomic E-state index is 4.50. The molecule has 0 bridgehead atoms. The number of aromatic nitrogens is 5. The maximum absolute atomic E-state index is 4.50. The van der Waals surface area contributed by atoms with Crippen LogP contribution in [0.2, 0.25) is 0 Å². The summed E-state index contributed by atoms with van der Waals surface area (Å²) >= 11 is 0. The quantitative estimate of drug-likeness (QED) is 0.726. The molecule has 0 N–H and O–H groups in total. The van der Waals surface area contributed by atoms with Crippen molar-refractivity contribution in [3.8, 4) is 5.82 Å². The first-order valence-corrected chi connectivity index (χ1v) is 7.68. The van der Waals surface area contributed by atoms with Gasteiger partial charge < -0.3 is 4.90 Å². The van der Waals surface area contributed by atoms with Crippen LogP contribution in [0.3, 0.4) is 0 Å². The summed E-state index contributed by atoms with van der Waals surface area (Å²) in [6, 6.07) is 5.77. The van der Waals surface area contributed by atoms with Crippen LogP contribution in [0.1, 0.15) is 19.8 Å². The standard InChI is InChI=1S/C16H18N6/c1-12-5-8-21(9-6-12)15-13-10-20-22(16(13)19-11-18-15)14-4-2-3-7-17-14/h2-4,7,10-12H,5-6,8-9H2,1H3. The molecular formula is C16H18N6. The first kappa shape index (κ1) is 13.2. The zero-order chi connectivity index (χ0) is 14.9. The Balaban J connectivity index is 1.77. The average Bonchev–Trinajstić information content (AvgIpc) is 3.00. The van der Waals surface area contributed by atoms with Crippen molar-refractivity contribution in [2.45, 2.75) is 19.8 Å². The van der Waals surface area contributed by atoms with Crippen LogP contribution in [-0.2, 0) is 0 Å². The number of fused-ring (bicyclic) bond motifs is 1. The summed E-state index contributed by atoms with van der Waals surface area (Å²) in [5.41, 5.74) is 0.808. The molecule has 0 unspecified atom stereocenters. The molecule has 0 atom stereocenters. The van der Waals surface area contributed by atoms with Gasteiger partial charge in [0.2, 0.25) is 0 Å². The monoisotopic (exact) mass is 294 g/mol. The highest BCUT2D eigenvalue weighted by atomic mass is 15.3. The molecule has 1 aliphatic heterocycles. The predicted octanol–water partition coefficient (Wildman–Crippen LogP) is 2.45. The number of hydrogen-bond acceptors (Lipinski definition) is 5. The van der Waals surface area contributed by atoms with E-state index < -0.39 is 0 Å². The van der Waals surface area contributed by atoms with E-state index in [2.05, 4.69) is 31.9 Å². The topological polar surface area (TPSA) is 59.7 Å². The molecule has 1 aliphatic rings. The van der Waals surface area contributed by atoms with Crippen molar-refractivity contribution in [2.75, 3.05) is 18.0 Å². The van der Waals surface area contributed by atoms with Gasteiger partial charge in [-0.05, 0) is 30.9 Å². The normalized spacial score (nSPS) is 16.3. The first-order valence-electron chi connectivity index (χ1n) is 7.68. The van der Waals surface area contributed by atoms with Crippen LogP contribution in [0.5, 0.6) is 0 Å². The third kappa shape index (κ3) is 2.20. The molecule has 112 valence electrons. The third-order valence-electron chi connectivity index (χ3n) is 4.29. The molecule has 0 aliphatic carbocycles. The fourth-order valence-electron chi connectivity index (χ4n) is 2.95. The molecule has 6 nitrogen and oxygen atoms in total. The van der Waals surface area contributed by atoms with E-state index >= 15 is 0 Å².